The van der Waals surface area contributed by atoms with Crippen LogP contribution in [0.4, 0.5) is 19.0 Å². The fourth-order valence-corrected chi connectivity index (χ4v) is 6.28. The summed E-state index contributed by atoms with van der Waals surface area (Å²) in [4.78, 5) is 15.4. The van der Waals surface area contributed by atoms with E-state index in [1.807, 2.05) is 4.90 Å². The summed E-state index contributed by atoms with van der Waals surface area (Å²) in [6, 6.07) is 4.21. The van der Waals surface area contributed by atoms with Crippen LogP contribution in [0.3, 0.4) is 0 Å². The number of amides is 1. The van der Waals surface area contributed by atoms with Crippen molar-refractivity contribution in [2.24, 2.45) is 11.8 Å². The number of rotatable bonds is 4. The van der Waals surface area contributed by atoms with Crippen molar-refractivity contribution in [3.05, 3.63) is 35.5 Å². The van der Waals surface area contributed by atoms with Crippen molar-refractivity contribution in [3.8, 4) is 11.5 Å². The van der Waals surface area contributed by atoms with Crippen molar-refractivity contribution in [1.82, 2.24) is 14.7 Å². The number of carbonyl (C=O) groups excluding carboxylic acids is 1. The molecule has 1 aromatic heterocycles. The van der Waals surface area contributed by atoms with Crippen molar-refractivity contribution in [3.63, 3.8) is 0 Å². The van der Waals surface area contributed by atoms with Crippen LogP contribution in [-0.2, 0) is 0 Å². The Kier molecular flexibility index (Phi) is 6.55. The number of methoxy groups -OCH3 is 2. The van der Waals surface area contributed by atoms with Crippen LogP contribution in [0.15, 0.2) is 24.3 Å². The fourth-order valence-electron chi connectivity index (χ4n) is 6.28. The van der Waals surface area contributed by atoms with Crippen molar-refractivity contribution >= 4 is 11.7 Å². The Morgan fingerprint density at radius 1 is 1.08 bits per heavy atom. The molecule has 1 saturated heterocycles. The molecule has 2 aromatic rings. The number of alkyl halides is 3. The van der Waals surface area contributed by atoms with Crippen LogP contribution in [-0.4, -0.2) is 53.6 Å². The van der Waals surface area contributed by atoms with Crippen LogP contribution in [0, 0.1) is 11.8 Å². The maximum atomic E-state index is 14.2. The highest BCUT2D eigenvalue weighted by Crippen LogP contribution is 2.45. The van der Waals surface area contributed by atoms with E-state index in [-0.39, 0.29) is 29.9 Å². The summed E-state index contributed by atoms with van der Waals surface area (Å²) < 4.78 is 54.1. The molecule has 2 aliphatic heterocycles. The maximum absolute atomic E-state index is 14.2. The third-order valence-corrected chi connectivity index (χ3v) is 8.22. The van der Waals surface area contributed by atoms with Crippen molar-refractivity contribution in [2.45, 2.75) is 69.8 Å². The molecule has 10 heteroatoms. The number of halogens is 3. The predicted molar refractivity (Wildman–Crippen MR) is 128 cm³/mol. The highest BCUT2D eigenvalue weighted by Gasteiger charge is 2.47. The molecular formula is C26H33F3N4O3. The van der Waals surface area contributed by atoms with Crippen LogP contribution < -0.4 is 14.8 Å². The molecule has 196 valence electrons. The van der Waals surface area contributed by atoms with E-state index in [1.54, 1.807) is 18.2 Å². The van der Waals surface area contributed by atoms with Gasteiger partial charge in [-0.3, -0.25) is 4.79 Å². The highest BCUT2D eigenvalue weighted by molar-refractivity contribution is 5.93. The Morgan fingerprint density at radius 2 is 1.83 bits per heavy atom. The lowest BCUT2D eigenvalue weighted by Gasteiger charge is -2.47. The van der Waals surface area contributed by atoms with E-state index >= 15 is 0 Å². The average Bonchev–Trinajstić information content (AvgIpc) is 3.31. The molecular weight excluding hydrogens is 473 g/mol. The van der Waals surface area contributed by atoms with Gasteiger partial charge in [0.25, 0.3) is 5.91 Å². The van der Waals surface area contributed by atoms with Gasteiger partial charge < -0.3 is 19.7 Å². The number of hydrogen-bond acceptors (Lipinski definition) is 5. The van der Waals surface area contributed by atoms with E-state index in [1.165, 1.54) is 26.7 Å². The summed E-state index contributed by atoms with van der Waals surface area (Å²) in [7, 11) is 2.99. The van der Waals surface area contributed by atoms with Gasteiger partial charge in [0, 0.05) is 25.1 Å². The lowest BCUT2D eigenvalue weighted by Crippen LogP contribution is -2.52. The number of nitrogens with zero attached hydrogens (tertiary/aromatic N) is 3. The summed E-state index contributed by atoms with van der Waals surface area (Å²) >= 11 is 0. The van der Waals surface area contributed by atoms with Gasteiger partial charge in [-0.1, -0.05) is 25.8 Å². The molecule has 3 aliphatic rings. The Labute approximate surface area is 208 Å². The molecule has 1 N–H and O–H groups in total. The largest absolute Gasteiger partial charge is 0.493 e. The maximum Gasteiger partial charge on any atom is 0.410 e. The molecule has 5 rings (SSSR count). The quantitative estimate of drug-likeness (QED) is 0.585. The molecule has 0 spiro atoms. The number of ether oxygens (including phenoxy) is 2. The third-order valence-electron chi connectivity index (χ3n) is 8.22. The summed E-state index contributed by atoms with van der Waals surface area (Å²) in [6.45, 7) is 2.86. The van der Waals surface area contributed by atoms with Crippen LogP contribution in [0.5, 0.6) is 11.5 Å². The van der Waals surface area contributed by atoms with Gasteiger partial charge in [0.15, 0.2) is 23.2 Å². The first-order chi connectivity index (χ1) is 17.2. The number of fused-ring (bicyclic) bond motifs is 2. The molecule has 0 radical (unpaired) electrons. The minimum atomic E-state index is -4.52. The van der Waals surface area contributed by atoms with Gasteiger partial charge in [0.1, 0.15) is 5.82 Å². The van der Waals surface area contributed by atoms with E-state index in [4.69, 9.17) is 9.47 Å². The molecule has 36 heavy (non-hydrogen) atoms. The van der Waals surface area contributed by atoms with Gasteiger partial charge in [-0.15, -0.1) is 0 Å². The minimum absolute atomic E-state index is 0.0681. The second-order valence-corrected chi connectivity index (χ2v) is 10.2. The number of hydrogen-bond donors (Lipinski definition) is 1. The summed E-state index contributed by atoms with van der Waals surface area (Å²) in [5.74, 6) is 1.86. The zero-order valence-corrected chi connectivity index (χ0v) is 20.8. The number of likely N-dealkylation sites (tertiary alicyclic amines) is 1. The van der Waals surface area contributed by atoms with Crippen LogP contribution in [0.25, 0.3) is 0 Å². The molecule has 3 heterocycles. The zero-order valence-electron chi connectivity index (χ0n) is 20.8. The number of aromatic nitrogens is 2. The Hall–Kier alpha value is -2.91. The van der Waals surface area contributed by atoms with Crippen molar-refractivity contribution in [2.75, 3.05) is 26.1 Å². The van der Waals surface area contributed by atoms with Gasteiger partial charge in [-0.05, 0) is 48.8 Å². The summed E-state index contributed by atoms with van der Waals surface area (Å²) in [5, 5.41) is 7.40. The first-order valence-corrected chi connectivity index (χ1v) is 12.7. The Morgan fingerprint density at radius 3 is 2.56 bits per heavy atom. The molecule has 1 aliphatic carbocycles. The van der Waals surface area contributed by atoms with E-state index in [0.29, 0.717) is 35.4 Å². The number of anilines is 1. The zero-order chi connectivity index (χ0) is 25.6. The topological polar surface area (TPSA) is 68.6 Å². The standard InChI is InChI=1S/C26H33F3N4O3/c1-15-10-11-32(20-7-5-4-6-17(15)20)25(34)19-14-24-30-18(13-23(26(27,28)29)33(24)31-19)16-8-9-21(35-2)22(12-16)36-3/h8-9,12,14-15,17-18,20,23,30H,4-7,10-11,13H2,1-3H3/t15-,17+,18+,20+,23-/m0/s1. The molecule has 1 amide bonds. The first kappa shape index (κ1) is 24.8. The number of nitrogens with one attached hydrogen (secondary N) is 1. The van der Waals surface area contributed by atoms with Crippen molar-refractivity contribution < 1.29 is 27.4 Å². The smallest absolute Gasteiger partial charge is 0.410 e. The monoisotopic (exact) mass is 506 g/mol. The van der Waals surface area contributed by atoms with E-state index in [0.717, 1.165) is 30.4 Å². The fraction of sp³-hybridized carbons (Fsp3) is 0.615. The van der Waals surface area contributed by atoms with Gasteiger partial charge in [-0.25, -0.2) is 4.68 Å². The van der Waals surface area contributed by atoms with E-state index < -0.39 is 18.3 Å². The minimum Gasteiger partial charge on any atom is -0.493 e. The molecule has 1 saturated carbocycles. The lowest BCUT2D eigenvalue weighted by molar-refractivity contribution is -0.173. The normalized spacial score (nSPS) is 28.1. The molecule has 5 atom stereocenters. The Balaban J connectivity index is 1.45. The first-order valence-electron chi connectivity index (χ1n) is 12.7. The molecule has 7 nitrogen and oxygen atoms in total. The van der Waals surface area contributed by atoms with Crippen LogP contribution >= 0.6 is 0 Å². The van der Waals surface area contributed by atoms with Gasteiger partial charge in [0.2, 0.25) is 0 Å². The van der Waals surface area contributed by atoms with Crippen LogP contribution in [0.2, 0.25) is 0 Å². The van der Waals surface area contributed by atoms with Gasteiger partial charge in [0.05, 0.1) is 20.3 Å². The molecule has 0 unspecified atom stereocenters. The molecule has 2 fully saturated rings. The average molecular weight is 507 g/mol. The SMILES string of the molecule is COc1ccc([C@H]2C[C@@H](C(F)(F)F)n3nc(C(=O)N4CC[C@H](C)[C@H]5CCCC[C@H]54)cc3N2)cc1OC. The highest BCUT2D eigenvalue weighted by atomic mass is 19.4. The lowest BCUT2D eigenvalue weighted by atomic mass is 9.72. The van der Waals surface area contributed by atoms with Gasteiger partial charge >= 0.3 is 6.18 Å². The summed E-state index contributed by atoms with van der Waals surface area (Å²) in [6.07, 6.45) is 0.410. The third kappa shape index (κ3) is 4.39. The second-order valence-electron chi connectivity index (χ2n) is 10.2. The van der Waals surface area contributed by atoms with E-state index in [9.17, 15) is 18.0 Å². The van der Waals surface area contributed by atoms with Gasteiger partial charge in [-0.2, -0.15) is 18.3 Å². The summed E-state index contributed by atoms with van der Waals surface area (Å²) in [5.41, 5.74) is 0.705. The van der Waals surface area contributed by atoms with Crippen molar-refractivity contribution in [1.29, 1.82) is 0 Å². The number of benzene rings is 1. The second kappa shape index (κ2) is 9.52. The van der Waals surface area contributed by atoms with E-state index in [2.05, 4.69) is 17.3 Å². The number of piperidine rings is 1. The number of carbonyl (C=O) groups is 1. The predicted octanol–water partition coefficient (Wildman–Crippen LogP) is 5.60. The van der Waals surface area contributed by atoms with Crippen LogP contribution in [0.1, 0.15) is 73.6 Å². The molecule has 0 bridgehead atoms. The molecule has 1 aromatic carbocycles. The Bertz CT molecular complexity index is 1120.